The summed E-state index contributed by atoms with van der Waals surface area (Å²) in [5, 5.41) is 3.90. The van der Waals surface area contributed by atoms with Gasteiger partial charge in [-0.15, -0.1) is 0 Å². The normalized spacial score (nSPS) is 17.2. The quantitative estimate of drug-likeness (QED) is 0.906. The van der Waals surface area contributed by atoms with Crippen molar-refractivity contribution in [2.45, 2.75) is 45.3 Å². The van der Waals surface area contributed by atoms with Gasteiger partial charge in [-0.2, -0.15) is 4.98 Å². The van der Waals surface area contributed by atoms with Gasteiger partial charge in [-0.3, -0.25) is 0 Å². The third-order valence-corrected chi connectivity index (χ3v) is 3.58. The summed E-state index contributed by atoms with van der Waals surface area (Å²) in [4.78, 5) is 4.28. The van der Waals surface area contributed by atoms with E-state index in [4.69, 9.17) is 15.0 Å². The zero-order chi connectivity index (χ0) is 13.9. The van der Waals surface area contributed by atoms with Crippen molar-refractivity contribution in [3.8, 4) is 5.75 Å². The van der Waals surface area contributed by atoms with Crippen molar-refractivity contribution >= 4 is 0 Å². The van der Waals surface area contributed by atoms with Crippen molar-refractivity contribution in [1.29, 1.82) is 0 Å². The molecule has 0 saturated heterocycles. The highest BCUT2D eigenvalue weighted by Crippen LogP contribution is 2.31. The smallest absolute Gasteiger partial charge is 0.226 e. The van der Waals surface area contributed by atoms with Gasteiger partial charge in [0.2, 0.25) is 11.7 Å². The molecule has 0 fully saturated rings. The summed E-state index contributed by atoms with van der Waals surface area (Å²) in [7, 11) is 0. The fraction of sp³-hybridized carbons (Fsp3) is 0.467. The van der Waals surface area contributed by atoms with Gasteiger partial charge in [0.05, 0.1) is 0 Å². The second-order valence-electron chi connectivity index (χ2n) is 5.15. The van der Waals surface area contributed by atoms with Crippen molar-refractivity contribution in [2.75, 3.05) is 0 Å². The number of rotatable bonds is 5. The van der Waals surface area contributed by atoms with Crippen LogP contribution in [0, 0.1) is 0 Å². The highest BCUT2D eigenvalue weighted by molar-refractivity contribution is 5.40. The van der Waals surface area contributed by atoms with Gasteiger partial charge in [0, 0.05) is 12.5 Å². The number of benzene rings is 1. The van der Waals surface area contributed by atoms with Crippen molar-refractivity contribution in [2.24, 2.45) is 5.73 Å². The summed E-state index contributed by atoms with van der Waals surface area (Å²) in [6.45, 7) is 2.41. The molecule has 0 unspecified atom stereocenters. The first kappa shape index (κ1) is 13.1. The van der Waals surface area contributed by atoms with Gasteiger partial charge in [0.15, 0.2) is 6.61 Å². The summed E-state index contributed by atoms with van der Waals surface area (Å²) >= 11 is 0. The molecule has 0 amide bonds. The maximum Gasteiger partial charge on any atom is 0.226 e. The zero-order valence-electron chi connectivity index (χ0n) is 11.6. The number of nitrogens with zero attached hydrogens (tertiary/aromatic N) is 2. The lowest BCUT2D eigenvalue weighted by molar-refractivity contribution is 0.285. The van der Waals surface area contributed by atoms with E-state index in [0.29, 0.717) is 18.3 Å². The lowest BCUT2D eigenvalue weighted by Crippen LogP contribution is -2.05. The number of aryl methyl sites for hydroxylation is 2. The molecule has 0 radical (unpaired) electrons. The molecule has 5 heteroatoms. The summed E-state index contributed by atoms with van der Waals surface area (Å²) in [5.74, 6) is 2.09. The molecular weight excluding hydrogens is 254 g/mol. The third kappa shape index (κ3) is 2.67. The van der Waals surface area contributed by atoms with Gasteiger partial charge in [-0.1, -0.05) is 18.1 Å². The van der Waals surface area contributed by atoms with Crippen LogP contribution in [0.15, 0.2) is 22.7 Å². The van der Waals surface area contributed by atoms with Gasteiger partial charge >= 0.3 is 0 Å². The summed E-state index contributed by atoms with van der Waals surface area (Å²) in [6, 6.07) is 6.25. The first-order valence-electron chi connectivity index (χ1n) is 7.09. The van der Waals surface area contributed by atoms with E-state index in [2.05, 4.69) is 29.2 Å². The Bertz CT molecular complexity index is 595. The molecule has 2 N–H and O–H groups in total. The molecule has 0 bridgehead atoms. The predicted octanol–water partition coefficient (Wildman–Crippen LogP) is 2.55. The van der Waals surface area contributed by atoms with Gasteiger partial charge in [-0.05, 0) is 42.5 Å². The molecule has 1 aromatic heterocycles. The predicted molar refractivity (Wildman–Crippen MR) is 74.3 cm³/mol. The van der Waals surface area contributed by atoms with Gasteiger partial charge in [0.1, 0.15) is 5.75 Å². The monoisotopic (exact) mass is 273 g/mol. The molecule has 1 heterocycles. The molecule has 0 aliphatic heterocycles. The first-order chi connectivity index (χ1) is 9.76. The van der Waals surface area contributed by atoms with Crippen LogP contribution in [0.2, 0.25) is 0 Å². The number of aromatic nitrogens is 2. The van der Waals surface area contributed by atoms with Crippen molar-refractivity contribution in [3.05, 3.63) is 41.0 Å². The Labute approximate surface area is 118 Å². The van der Waals surface area contributed by atoms with E-state index in [-0.39, 0.29) is 6.04 Å². The molecular formula is C15H19N3O2. The van der Waals surface area contributed by atoms with E-state index in [1.54, 1.807) is 0 Å². The molecule has 20 heavy (non-hydrogen) atoms. The molecule has 1 aromatic carbocycles. The van der Waals surface area contributed by atoms with Gasteiger partial charge in [-0.25, -0.2) is 0 Å². The van der Waals surface area contributed by atoms with Crippen molar-refractivity contribution in [1.82, 2.24) is 10.1 Å². The standard InChI is InChI=1S/C15H19N3O2/c1-2-3-15-17-14(18-20-15)9-19-11-5-6-12-10(8-11)4-7-13(12)16/h5-6,8,13H,2-4,7,9,16H2,1H3/t13-/m1/s1. The topological polar surface area (TPSA) is 74.2 Å². The highest BCUT2D eigenvalue weighted by atomic mass is 16.5. The molecule has 3 rings (SSSR count). The average molecular weight is 273 g/mol. The fourth-order valence-corrected chi connectivity index (χ4v) is 2.53. The van der Waals surface area contributed by atoms with Crippen LogP contribution in [-0.4, -0.2) is 10.1 Å². The van der Waals surface area contributed by atoms with Crippen LogP contribution in [0.25, 0.3) is 0 Å². The number of fused-ring (bicyclic) bond motifs is 1. The summed E-state index contributed by atoms with van der Waals surface area (Å²) < 4.78 is 10.8. The molecule has 5 nitrogen and oxygen atoms in total. The van der Waals surface area contributed by atoms with E-state index in [0.717, 1.165) is 31.4 Å². The lowest BCUT2D eigenvalue weighted by atomic mass is 10.1. The first-order valence-corrected chi connectivity index (χ1v) is 7.09. The fourth-order valence-electron chi connectivity index (χ4n) is 2.53. The summed E-state index contributed by atoms with van der Waals surface area (Å²) in [5.41, 5.74) is 8.54. The summed E-state index contributed by atoms with van der Waals surface area (Å²) in [6.07, 6.45) is 3.85. The number of hydrogen-bond acceptors (Lipinski definition) is 5. The lowest BCUT2D eigenvalue weighted by Gasteiger charge is -2.07. The van der Waals surface area contributed by atoms with E-state index in [1.807, 2.05) is 6.07 Å². The minimum absolute atomic E-state index is 0.174. The van der Waals surface area contributed by atoms with Crippen LogP contribution in [0.4, 0.5) is 0 Å². The van der Waals surface area contributed by atoms with Crippen LogP contribution in [0.3, 0.4) is 0 Å². The Kier molecular flexibility index (Phi) is 3.69. The number of ether oxygens (including phenoxy) is 1. The molecule has 1 aliphatic carbocycles. The molecule has 0 saturated carbocycles. The van der Waals surface area contributed by atoms with Gasteiger partial charge in [0.25, 0.3) is 0 Å². The van der Waals surface area contributed by atoms with Crippen LogP contribution in [0.5, 0.6) is 5.75 Å². The Morgan fingerprint density at radius 2 is 2.35 bits per heavy atom. The maximum atomic E-state index is 6.02. The molecule has 0 spiro atoms. The number of nitrogens with two attached hydrogens (primary N) is 1. The maximum absolute atomic E-state index is 6.02. The van der Waals surface area contributed by atoms with Crippen molar-refractivity contribution in [3.63, 3.8) is 0 Å². The Hall–Kier alpha value is -1.88. The van der Waals surface area contributed by atoms with E-state index in [1.165, 1.54) is 11.1 Å². The number of hydrogen-bond donors (Lipinski definition) is 1. The Balaban J connectivity index is 1.63. The molecule has 106 valence electrons. The van der Waals surface area contributed by atoms with E-state index >= 15 is 0 Å². The Morgan fingerprint density at radius 3 is 3.20 bits per heavy atom. The Morgan fingerprint density at radius 1 is 1.45 bits per heavy atom. The van der Waals surface area contributed by atoms with Crippen LogP contribution >= 0.6 is 0 Å². The highest BCUT2D eigenvalue weighted by Gasteiger charge is 2.19. The average Bonchev–Trinajstić information content (AvgIpc) is 3.04. The van der Waals surface area contributed by atoms with E-state index in [9.17, 15) is 0 Å². The zero-order valence-corrected chi connectivity index (χ0v) is 11.6. The van der Waals surface area contributed by atoms with Crippen molar-refractivity contribution < 1.29 is 9.26 Å². The van der Waals surface area contributed by atoms with Crippen LogP contribution < -0.4 is 10.5 Å². The van der Waals surface area contributed by atoms with Crippen LogP contribution in [-0.2, 0) is 19.4 Å². The second kappa shape index (κ2) is 5.63. The SMILES string of the molecule is CCCc1nc(COc2ccc3c(c2)CC[C@H]3N)no1. The third-order valence-electron chi connectivity index (χ3n) is 3.58. The minimum Gasteiger partial charge on any atom is -0.485 e. The second-order valence-corrected chi connectivity index (χ2v) is 5.15. The minimum atomic E-state index is 0.174. The molecule has 1 atom stereocenters. The van der Waals surface area contributed by atoms with Gasteiger partial charge < -0.3 is 15.0 Å². The van der Waals surface area contributed by atoms with E-state index < -0.39 is 0 Å². The molecule has 1 aliphatic rings. The largest absolute Gasteiger partial charge is 0.485 e. The molecule has 2 aromatic rings. The van der Waals surface area contributed by atoms with Crippen LogP contribution in [0.1, 0.15) is 48.6 Å².